The number of benzene rings is 1. The predicted octanol–water partition coefficient (Wildman–Crippen LogP) is 0.445. The maximum atomic E-state index is 11.4. The molecule has 2 rings (SSSR count). The zero-order valence-electron chi connectivity index (χ0n) is 7.04. The van der Waals surface area contributed by atoms with Gasteiger partial charge in [0.1, 0.15) is 0 Å². The minimum atomic E-state index is -4.44. The number of amides is 1. The van der Waals surface area contributed by atoms with Gasteiger partial charge in [-0.25, -0.2) is 4.31 Å². The Morgan fingerprint density at radius 1 is 1.29 bits per heavy atom. The van der Waals surface area contributed by atoms with E-state index in [4.69, 9.17) is 4.55 Å². The molecule has 0 spiro atoms. The molecular weight excluding hydrogens is 206 g/mol. The molecule has 0 radical (unpaired) electrons. The fourth-order valence-electron chi connectivity index (χ4n) is 1.41. The van der Waals surface area contributed by atoms with Gasteiger partial charge in [0.05, 0.1) is 6.54 Å². The maximum absolute atomic E-state index is 11.4. The molecule has 0 unspecified atom stereocenters. The summed E-state index contributed by atoms with van der Waals surface area (Å²) in [6, 6.07) is 6.53. The van der Waals surface area contributed by atoms with Crippen LogP contribution in [0.15, 0.2) is 24.3 Å². The van der Waals surface area contributed by atoms with Crippen LogP contribution in [0.25, 0.3) is 0 Å². The second-order valence-corrected chi connectivity index (χ2v) is 4.28. The predicted molar refractivity (Wildman–Crippen MR) is 47.9 cm³/mol. The molecule has 14 heavy (non-hydrogen) atoms. The van der Waals surface area contributed by atoms with Gasteiger partial charge in [0, 0.05) is 5.56 Å². The quantitative estimate of drug-likeness (QED) is 0.687. The summed E-state index contributed by atoms with van der Waals surface area (Å²) in [6.45, 7) is -0.0894. The minimum absolute atomic E-state index is 0.0894. The van der Waals surface area contributed by atoms with Crippen LogP contribution in [0, 0.1) is 0 Å². The molecule has 1 amide bonds. The van der Waals surface area contributed by atoms with Crippen LogP contribution < -0.4 is 0 Å². The number of nitrogens with zero attached hydrogens (tertiary/aromatic N) is 1. The molecule has 6 heteroatoms. The zero-order valence-corrected chi connectivity index (χ0v) is 7.86. The Kier molecular flexibility index (Phi) is 1.83. The van der Waals surface area contributed by atoms with E-state index in [1.165, 1.54) is 6.07 Å². The largest absolute Gasteiger partial charge is 0.362 e. The van der Waals surface area contributed by atoms with Crippen molar-refractivity contribution < 1.29 is 17.8 Å². The molecule has 5 nitrogen and oxygen atoms in total. The van der Waals surface area contributed by atoms with Gasteiger partial charge in [-0.2, -0.15) is 8.42 Å². The number of hydrogen-bond acceptors (Lipinski definition) is 3. The smallest absolute Gasteiger partial charge is 0.269 e. The van der Waals surface area contributed by atoms with E-state index in [0.29, 0.717) is 15.4 Å². The average molecular weight is 213 g/mol. The van der Waals surface area contributed by atoms with Gasteiger partial charge in [-0.05, 0) is 11.6 Å². The van der Waals surface area contributed by atoms with Gasteiger partial charge in [0.15, 0.2) is 0 Å². The van der Waals surface area contributed by atoms with E-state index in [9.17, 15) is 13.2 Å². The van der Waals surface area contributed by atoms with E-state index < -0.39 is 16.2 Å². The van der Waals surface area contributed by atoms with E-state index in [0.717, 1.165) is 0 Å². The highest BCUT2D eigenvalue weighted by atomic mass is 32.2. The Morgan fingerprint density at radius 3 is 2.50 bits per heavy atom. The van der Waals surface area contributed by atoms with Gasteiger partial charge in [0.25, 0.3) is 5.91 Å². The Morgan fingerprint density at radius 2 is 1.93 bits per heavy atom. The third-order valence-electron chi connectivity index (χ3n) is 2.07. The van der Waals surface area contributed by atoms with Crippen LogP contribution in [-0.4, -0.2) is 23.2 Å². The summed E-state index contributed by atoms with van der Waals surface area (Å²) in [5.74, 6) is -0.678. The van der Waals surface area contributed by atoms with Crippen molar-refractivity contribution in [2.75, 3.05) is 0 Å². The number of carbonyl (C=O) groups excluding carboxylic acids is 1. The lowest BCUT2D eigenvalue weighted by molar-refractivity contribution is 0.0870. The Labute approximate surface area is 80.8 Å². The lowest BCUT2D eigenvalue weighted by Gasteiger charge is -2.09. The molecule has 1 aliphatic rings. The molecule has 1 aliphatic heterocycles. The molecule has 1 aromatic rings. The fourth-order valence-corrected chi connectivity index (χ4v) is 2.02. The summed E-state index contributed by atoms with van der Waals surface area (Å²) >= 11 is 0. The Bertz CT molecular complexity index is 494. The van der Waals surface area contributed by atoms with E-state index in [1.54, 1.807) is 18.2 Å². The number of carbonyl (C=O) groups is 1. The summed E-state index contributed by atoms with van der Waals surface area (Å²) in [7, 11) is -4.44. The number of hydrogen-bond donors (Lipinski definition) is 1. The van der Waals surface area contributed by atoms with Crippen LogP contribution in [-0.2, 0) is 16.8 Å². The summed E-state index contributed by atoms with van der Waals surface area (Å²) in [5, 5.41) is 0. The molecule has 0 bridgehead atoms. The van der Waals surface area contributed by atoms with Crippen LogP contribution in [0.3, 0.4) is 0 Å². The molecular formula is C8H7NO4S. The fraction of sp³-hybridized carbons (Fsp3) is 0.125. The van der Waals surface area contributed by atoms with Crippen molar-refractivity contribution >= 4 is 16.2 Å². The third-order valence-corrected chi connectivity index (χ3v) is 2.92. The van der Waals surface area contributed by atoms with E-state index >= 15 is 0 Å². The summed E-state index contributed by atoms with van der Waals surface area (Å²) < 4.78 is 30.7. The molecule has 1 N–H and O–H groups in total. The van der Waals surface area contributed by atoms with Crippen LogP contribution in [0.4, 0.5) is 0 Å². The lowest BCUT2D eigenvalue weighted by atomic mass is 10.1. The van der Waals surface area contributed by atoms with Gasteiger partial charge < -0.3 is 0 Å². The molecule has 1 aromatic carbocycles. The van der Waals surface area contributed by atoms with Crippen molar-refractivity contribution in [1.82, 2.24) is 4.31 Å². The molecule has 1 heterocycles. The van der Waals surface area contributed by atoms with Crippen LogP contribution >= 0.6 is 0 Å². The number of fused-ring (bicyclic) bond motifs is 1. The highest BCUT2D eigenvalue weighted by molar-refractivity contribution is 7.84. The zero-order chi connectivity index (χ0) is 10.3. The Balaban J connectivity index is 2.50. The van der Waals surface area contributed by atoms with Crippen molar-refractivity contribution in [3.63, 3.8) is 0 Å². The van der Waals surface area contributed by atoms with Crippen molar-refractivity contribution in [2.24, 2.45) is 0 Å². The molecule has 0 saturated heterocycles. The minimum Gasteiger partial charge on any atom is -0.269 e. The standard InChI is InChI=1S/C8H7NO4S/c10-8-7-4-2-1-3-6(7)5-9(8)14(11,12)13/h1-4H,5H2,(H,11,12,13). The van der Waals surface area contributed by atoms with Gasteiger partial charge in [0.2, 0.25) is 0 Å². The van der Waals surface area contributed by atoms with E-state index in [-0.39, 0.29) is 6.54 Å². The molecule has 0 atom stereocenters. The summed E-state index contributed by atoms with van der Waals surface area (Å²) in [6.07, 6.45) is 0. The van der Waals surface area contributed by atoms with Crippen LogP contribution in [0.5, 0.6) is 0 Å². The second kappa shape index (κ2) is 2.79. The van der Waals surface area contributed by atoms with Gasteiger partial charge in [-0.15, -0.1) is 0 Å². The van der Waals surface area contributed by atoms with E-state index in [1.807, 2.05) is 0 Å². The SMILES string of the molecule is O=C1c2ccccc2CN1S(=O)(=O)O. The molecule has 74 valence electrons. The average Bonchev–Trinajstić information content (AvgIpc) is 2.44. The van der Waals surface area contributed by atoms with Crippen molar-refractivity contribution in [2.45, 2.75) is 6.54 Å². The normalized spacial score (nSPS) is 15.8. The first-order valence-electron chi connectivity index (χ1n) is 3.87. The molecule has 0 aromatic heterocycles. The molecule has 0 saturated carbocycles. The highest BCUT2D eigenvalue weighted by Crippen LogP contribution is 2.23. The van der Waals surface area contributed by atoms with Gasteiger partial charge in [-0.1, -0.05) is 18.2 Å². The van der Waals surface area contributed by atoms with Crippen LogP contribution in [0.1, 0.15) is 15.9 Å². The first-order valence-corrected chi connectivity index (χ1v) is 5.27. The van der Waals surface area contributed by atoms with Crippen LogP contribution in [0.2, 0.25) is 0 Å². The van der Waals surface area contributed by atoms with Crippen molar-refractivity contribution in [1.29, 1.82) is 0 Å². The van der Waals surface area contributed by atoms with E-state index in [2.05, 4.69) is 0 Å². The number of rotatable bonds is 1. The van der Waals surface area contributed by atoms with Crippen molar-refractivity contribution in [3.05, 3.63) is 35.4 Å². The van der Waals surface area contributed by atoms with Gasteiger partial charge >= 0.3 is 10.3 Å². The topological polar surface area (TPSA) is 74.7 Å². The maximum Gasteiger partial charge on any atom is 0.362 e. The monoisotopic (exact) mass is 213 g/mol. The third kappa shape index (κ3) is 1.28. The Hall–Kier alpha value is -1.40. The lowest BCUT2D eigenvalue weighted by Crippen LogP contribution is -2.30. The first kappa shape index (κ1) is 9.17. The molecule has 0 aliphatic carbocycles. The summed E-state index contributed by atoms with van der Waals surface area (Å²) in [4.78, 5) is 11.4. The second-order valence-electron chi connectivity index (χ2n) is 2.95. The van der Waals surface area contributed by atoms with Gasteiger partial charge in [-0.3, -0.25) is 9.35 Å². The first-order chi connectivity index (χ1) is 6.50. The van der Waals surface area contributed by atoms with Crippen molar-refractivity contribution in [3.8, 4) is 0 Å². The summed E-state index contributed by atoms with van der Waals surface area (Å²) in [5.41, 5.74) is 0.931. The molecule has 0 fully saturated rings. The highest BCUT2D eigenvalue weighted by Gasteiger charge is 2.34.